The number of nitrogens with zero attached hydrogens (tertiary/aromatic N) is 3. The van der Waals surface area contributed by atoms with Gasteiger partial charge >= 0.3 is 0 Å². The minimum absolute atomic E-state index is 0.742. The van der Waals surface area contributed by atoms with Gasteiger partial charge in [-0.1, -0.05) is 30.3 Å². The predicted octanol–water partition coefficient (Wildman–Crippen LogP) is 3.79. The Labute approximate surface area is 162 Å². The highest BCUT2D eigenvalue weighted by Crippen LogP contribution is 2.23. The van der Waals surface area contributed by atoms with E-state index >= 15 is 0 Å². The number of benzene rings is 1. The van der Waals surface area contributed by atoms with Crippen molar-refractivity contribution in [2.24, 2.45) is 4.99 Å². The first-order valence-corrected chi connectivity index (χ1v) is 10.2. The molecule has 0 spiro atoms. The molecule has 7 heteroatoms. The second-order valence-corrected chi connectivity index (χ2v) is 8.00. The third-order valence-electron chi connectivity index (χ3n) is 3.89. The van der Waals surface area contributed by atoms with Crippen LogP contribution in [0.1, 0.15) is 21.3 Å². The van der Waals surface area contributed by atoms with Crippen molar-refractivity contribution in [2.75, 3.05) is 13.6 Å². The first kappa shape index (κ1) is 18.5. The quantitative estimate of drug-likeness (QED) is 0.501. The molecule has 2 aromatic heterocycles. The average Bonchev–Trinajstić information content (AvgIpc) is 3.25. The summed E-state index contributed by atoms with van der Waals surface area (Å²) in [7, 11) is 1.79. The molecule has 0 saturated carbocycles. The fourth-order valence-corrected chi connectivity index (χ4v) is 4.30. The van der Waals surface area contributed by atoms with Crippen molar-refractivity contribution in [2.45, 2.75) is 26.8 Å². The Morgan fingerprint density at radius 2 is 1.92 bits per heavy atom. The van der Waals surface area contributed by atoms with Crippen LogP contribution in [0, 0.1) is 13.8 Å². The second kappa shape index (κ2) is 8.91. The van der Waals surface area contributed by atoms with Gasteiger partial charge in [0.1, 0.15) is 5.01 Å². The van der Waals surface area contributed by atoms with Crippen LogP contribution in [0.15, 0.2) is 40.7 Å². The molecule has 0 aliphatic carbocycles. The first-order valence-electron chi connectivity index (χ1n) is 8.53. The highest BCUT2D eigenvalue weighted by atomic mass is 32.1. The summed E-state index contributed by atoms with van der Waals surface area (Å²) in [5, 5.41) is 11.0. The van der Waals surface area contributed by atoms with Gasteiger partial charge in [-0.3, -0.25) is 4.99 Å². The number of nitrogens with one attached hydrogen (secondary N) is 2. The second-order valence-electron chi connectivity index (χ2n) is 5.85. The molecule has 1 aromatic carbocycles. The largest absolute Gasteiger partial charge is 0.356 e. The van der Waals surface area contributed by atoms with E-state index in [1.54, 1.807) is 29.7 Å². The summed E-state index contributed by atoms with van der Waals surface area (Å²) in [6.07, 6.45) is 0.864. The topological polar surface area (TPSA) is 62.2 Å². The van der Waals surface area contributed by atoms with Crippen LogP contribution < -0.4 is 10.6 Å². The van der Waals surface area contributed by atoms with E-state index in [9.17, 15) is 0 Å². The Kier molecular flexibility index (Phi) is 6.35. The van der Waals surface area contributed by atoms with E-state index in [2.05, 4.69) is 38.1 Å². The van der Waals surface area contributed by atoms with Gasteiger partial charge in [0.15, 0.2) is 5.96 Å². The van der Waals surface area contributed by atoms with Gasteiger partial charge < -0.3 is 10.6 Å². The van der Waals surface area contributed by atoms with E-state index in [0.717, 1.165) is 46.9 Å². The standard InChI is InChI=1S/C19H23N5S2/c1-13-17(26-14(2)23-13)11-22-19(20-3)21-10-9-16-12-25-18(24-16)15-7-5-4-6-8-15/h4-8,12H,9-11H2,1-3H3,(H2,20,21,22). The van der Waals surface area contributed by atoms with Crippen LogP contribution in [0.2, 0.25) is 0 Å². The third-order valence-corrected chi connectivity index (χ3v) is 5.90. The van der Waals surface area contributed by atoms with Gasteiger partial charge in [-0.15, -0.1) is 22.7 Å². The molecule has 0 saturated heterocycles. The molecular weight excluding hydrogens is 362 g/mol. The number of aryl methyl sites for hydroxylation is 2. The molecule has 0 atom stereocenters. The summed E-state index contributed by atoms with van der Waals surface area (Å²) >= 11 is 3.41. The molecule has 0 fully saturated rings. The van der Waals surface area contributed by atoms with Crippen LogP contribution in [-0.2, 0) is 13.0 Å². The van der Waals surface area contributed by atoms with Crippen LogP contribution >= 0.6 is 22.7 Å². The Balaban J connectivity index is 1.47. The van der Waals surface area contributed by atoms with Gasteiger partial charge in [-0.25, -0.2) is 9.97 Å². The van der Waals surface area contributed by atoms with Gasteiger partial charge in [0.2, 0.25) is 0 Å². The molecule has 5 nitrogen and oxygen atoms in total. The van der Waals surface area contributed by atoms with Crippen molar-refractivity contribution in [1.82, 2.24) is 20.6 Å². The van der Waals surface area contributed by atoms with Crippen molar-refractivity contribution < 1.29 is 0 Å². The fourth-order valence-electron chi connectivity index (χ4n) is 2.57. The van der Waals surface area contributed by atoms with Crippen LogP contribution in [0.5, 0.6) is 0 Å². The Morgan fingerprint density at radius 1 is 1.12 bits per heavy atom. The number of guanidine groups is 1. The number of thiazole rings is 2. The maximum absolute atomic E-state index is 4.72. The molecular formula is C19H23N5S2. The van der Waals surface area contributed by atoms with E-state index < -0.39 is 0 Å². The monoisotopic (exact) mass is 385 g/mol. The summed E-state index contributed by atoms with van der Waals surface area (Å²) in [4.78, 5) is 14.7. The van der Waals surface area contributed by atoms with Crippen LogP contribution in [0.4, 0.5) is 0 Å². The van der Waals surface area contributed by atoms with E-state index in [0.29, 0.717) is 0 Å². The predicted molar refractivity (Wildman–Crippen MR) is 111 cm³/mol. The van der Waals surface area contributed by atoms with Crippen LogP contribution in [0.25, 0.3) is 10.6 Å². The van der Waals surface area contributed by atoms with Gasteiger partial charge in [0.25, 0.3) is 0 Å². The SMILES string of the molecule is CN=C(NCCc1csc(-c2ccccc2)n1)NCc1sc(C)nc1C. The van der Waals surface area contributed by atoms with E-state index in [1.165, 1.54) is 10.4 Å². The van der Waals surface area contributed by atoms with E-state index in [-0.39, 0.29) is 0 Å². The molecule has 0 aliphatic rings. The van der Waals surface area contributed by atoms with Crippen LogP contribution in [0.3, 0.4) is 0 Å². The zero-order chi connectivity index (χ0) is 18.4. The molecule has 0 amide bonds. The molecule has 0 unspecified atom stereocenters. The van der Waals surface area contributed by atoms with E-state index in [1.807, 2.05) is 32.0 Å². The lowest BCUT2D eigenvalue weighted by molar-refractivity contribution is 0.789. The number of rotatable bonds is 6. The van der Waals surface area contributed by atoms with E-state index in [4.69, 9.17) is 4.98 Å². The van der Waals surface area contributed by atoms with Crippen molar-refractivity contribution in [3.63, 3.8) is 0 Å². The van der Waals surface area contributed by atoms with Gasteiger partial charge in [-0.2, -0.15) is 0 Å². The minimum Gasteiger partial charge on any atom is -0.356 e. The van der Waals surface area contributed by atoms with Gasteiger partial charge in [-0.05, 0) is 13.8 Å². The number of aliphatic imine (C=N–C) groups is 1. The first-order chi connectivity index (χ1) is 12.7. The molecule has 2 N–H and O–H groups in total. The Hall–Kier alpha value is -2.25. The number of hydrogen-bond donors (Lipinski definition) is 2. The third kappa shape index (κ3) is 4.89. The summed E-state index contributed by atoms with van der Waals surface area (Å²) in [6, 6.07) is 10.3. The summed E-state index contributed by atoms with van der Waals surface area (Å²) in [5.41, 5.74) is 3.36. The van der Waals surface area contributed by atoms with Crippen molar-refractivity contribution in [3.05, 3.63) is 57.0 Å². The summed E-state index contributed by atoms with van der Waals surface area (Å²) in [5.74, 6) is 0.800. The molecule has 0 bridgehead atoms. The normalized spacial score (nSPS) is 11.6. The van der Waals surface area contributed by atoms with Gasteiger partial charge in [0.05, 0.1) is 22.9 Å². The molecule has 3 rings (SSSR count). The lowest BCUT2D eigenvalue weighted by Crippen LogP contribution is -2.37. The fraction of sp³-hybridized carbons (Fsp3) is 0.316. The molecule has 2 heterocycles. The molecule has 3 aromatic rings. The zero-order valence-electron chi connectivity index (χ0n) is 15.2. The highest BCUT2D eigenvalue weighted by Gasteiger charge is 2.07. The Morgan fingerprint density at radius 3 is 2.62 bits per heavy atom. The van der Waals surface area contributed by atoms with Crippen LogP contribution in [-0.4, -0.2) is 29.5 Å². The van der Waals surface area contributed by atoms with Crippen molar-refractivity contribution in [3.8, 4) is 10.6 Å². The molecule has 136 valence electrons. The van der Waals surface area contributed by atoms with Gasteiger partial charge in [0, 0.05) is 35.8 Å². The lowest BCUT2D eigenvalue weighted by atomic mass is 10.2. The lowest BCUT2D eigenvalue weighted by Gasteiger charge is -2.10. The number of aromatic nitrogens is 2. The highest BCUT2D eigenvalue weighted by molar-refractivity contribution is 7.13. The number of hydrogen-bond acceptors (Lipinski definition) is 5. The molecule has 26 heavy (non-hydrogen) atoms. The maximum atomic E-state index is 4.72. The average molecular weight is 386 g/mol. The smallest absolute Gasteiger partial charge is 0.191 e. The minimum atomic E-state index is 0.742. The van der Waals surface area contributed by atoms with Crippen molar-refractivity contribution >= 4 is 28.6 Å². The molecule has 0 radical (unpaired) electrons. The maximum Gasteiger partial charge on any atom is 0.191 e. The zero-order valence-corrected chi connectivity index (χ0v) is 16.9. The summed E-state index contributed by atoms with van der Waals surface area (Å²) in [6.45, 7) is 5.61. The molecule has 0 aliphatic heterocycles. The van der Waals surface area contributed by atoms with Crippen molar-refractivity contribution in [1.29, 1.82) is 0 Å². The Bertz CT molecular complexity index is 867. The summed E-state index contributed by atoms with van der Waals surface area (Å²) < 4.78 is 0.